The van der Waals surface area contributed by atoms with Crippen LogP contribution in [0.4, 0.5) is 4.79 Å². The maximum atomic E-state index is 12.5. The molecule has 1 saturated carbocycles. The van der Waals surface area contributed by atoms with E-state index in [1.807, 2.05) is 0 Å². The average Bonchev–Trinajstić information content (AvgIpc) is 3.08. The summed E-state index contributed by atoms with van der Waals surface area (Å²) in [4.78, 5) is 35.8. The number of aliphatic hydroxyl groups is 1. The molecule has 1 saturated heterocycles. The third kappa shape index (κ3) is 7.74. The number of carbonyl (C=O) groups excluding carboxylic acids is 3. The van der Waals surface area contributed by atoms with Gasteiger partial charge in [-0.2, -0.15) is 0 Å². The van der Waals surface area contributed by atoms with Crippen LogP contribution in [0.5, 0.6) is 0 Å². The van der Waals surface area contributed by atoms with E-state index in [0.29, 0.717) is 0 Å². The van der Waals surface area contributed by atoms with Crippen molar-refractivity contribution in [2.24, 2.45) is 0 Å². The fourth-order valence-electron chi connectivity index (χ4n) is 3.69. The molecule has 8 nitrogen and oxygen atoms in total. The Morgan fingerprint density at radius 3 is 2.04 bits per heavy atom. The molecule has 4 amide bonds. The molecule has 2 rings (SSSR count). The van der Waals surface area contributed by atoms with Crippen LogP contribution in [-0.4, -0.2) is 54.2 Å². The van der Waals surface area contributed by atoms with Crippen molar-refractivity contribution in [1.29, 1.82) is 0 Å². The van der Waals surface area contributed by atoms with Crippen molar-refractivity contribution < 1.29 is 19.5 Å². The lowest BCUT2D eigenvalue weighted by molar-refractivity contribution is -0.131. The lowest BCUT2D eigenvalue weighted by Crippen LogP contribution is -2.55. The van der Waals surface area contributed by atoms with Crippen molar-refractivity contribution in [2.75, 3.05) is 13.2 Å². The van der Waals surface area contributed by atoms with E-state index in [4.69, 9.17) is 0 Å². The number of hydrogen-bond acceptors (Lipinski definition) is 4. The number of urea groups is 1. The summed E-state index contributed by atoms with van der Waals surface area (Å²) in [6.45, 7) is -0.300. The van der Waals surface area contributed by atoms with Gasteiger partial charge in [-0.15, -0.1) is 0 Å². The van der Waals surface area contributed by atoms with Gasteiger partial charge in [-0.25, -0.2) is 4.79 Å². The molecule has 0 aromatic heterocycles. The maximum absolute atomic E-state index is 12.5. The van der Waals surface area contributed by atoms with E-state index in [-0.39, 0.29) is 18.5 Å². The summed E-state index contributed by atoms with van der Waals surface area (Å²) < 4.78 is 0. The Hall–Kier alpha value is -1.83. The largest absolute Gasteiger partial charge is 0.394 e. The quantitative estimate of drug-likeness (QED) is 0.486. The van der Waals surface area contributed by atoms with E-state index in [2.05, 4.69) is 21.3 Å². The molecule has 27 heavy (non-hydrogen) atoms. The minimum atomic E-state index is -1.00. The van der Waals surface area contributed by atoms with Gasteiger partial charge in [0.25, 0.3) is 0 Å². The Morgan fingerprint density at radius 2 is 1.56 bits per heavy atom. The van der Waals surface area contributed by atoms with Gasteiger partial charge in [-0.3, -0.25) is 9.59 Å². The highest BCUT2D eigenvalue weighted by Gasteiger charge is 2.30. The molecule has 1 aliphatic heterocycles. The van der Waals surface area contributed by atoms with E-state index >= 15 is 0 Å². The molecule has 0 radical (unpaired) electrons. The van der Waals surface area contributed by atoms with Crippen molar-refractivity contribution in [3.05, 3.63) is 0 Å². The molecule has 0 bridgehead atoms. The highest BCUT2D eigenvalue weighted by Crippen LogP contribution is 2.17. The highest BCUT2D eigenvalue weighted by atomic mass is 16.3. The Morgan fingerprint density at radius 1 is 1.00 bits per heavy atom. The fraction of sp³-hybridized carbons (Fsp3) is 0.842. The Kier molecular flexibility index (Phi) is 9.38. The molecule has 0 spiro atoms. The number of rotatable bonds is 5. The molecule has 0 aromatic carbocycles. The number of hydrogen-bond donors (Lipinski definition) is 5. The van der Waals surface area contributed by atoms with Gasteiger partial charge in [0.05, 0.1) is 6.61 Å². The monoisotopic (exact) mass is 382 g/mol. The summed E-state index contributed by atoms with van der Waals surface area (Å²) in [5, 5.41) is 20.0. The van der Waals surface area contributed by atoms with Gasteiger partial charge in [0.15, 0.2) is 0 Å². The molecular weight excluding hydrogens is 348 g/mol. The molecule has 1 aliphatic carbocycles. The first-order chi connectivity index (χ1) is 13.1. The summed E-state index contributed by atoms with van der Waals surface area (Å²) >= 11 is 0. The lowest BCUT2D eigenvalue weighted by Gasteiger charge is -2.23. The molecule has 2 atom stereocenters. The van der Waals surface area contributed by atoms with Crippen LogP contribution in [0.1, 0.15) is 70.6 Å². The second-order valence-electron chi connectivity index (χ2n) is 7.62. The van der Waals surface area contributed by atoms with E-state index < -0.39 is 30.6 Å². The average molecular weight is 383 g/mol. The highest BCUT2D eigenvalue weighted by molar-refractivity contribution is 5.93. The van der Waals surface area contributed by atoms with Crippen molar-refractivity contribution in [2.45, 2.75) is 88.8 Å². The second-order valence-corrected chi connectivity index (χ2v) is 7.62. The summed E-state index contributed by atoms with van der Waals surface area (Å²) in [6.07, 6.45) is 12.8. The zero-order chi connectivity index (χ0) is 19.5. The third-order valence-corrected chi connectivity index (χ3v) is 5.36. The topological polar surface area (TPSA) is 120 Å². The van der Waals surface area contributed by atoms with Crippen LogP contribution < -0.4 is 21.3 Å². The molecule has 2 aliphatic rings. The van der Waals surface area contributed by atoms with E-state index in [1.165, 1.54) is 44.9 Å². The van der Waals surface area contributed by atoms with Crippen molar-refractivity contribution in [3.8, 4) is 0 Å². The van der Waals surface area contributed by atoms with Crippen molar-refractivity contribution in [3.63, 3.8) is 0 Å². The zero-order valence-electron chi connectivity index (χ0n) is 16.1. The van der Waals surface area contributed by atoms with Crippen LogP contribution in [-0.2, 0) is 9.59 Å². The number of aliphatic hydroxyl groups excluding tert-OH is 1. The molecule has 8 heteroatoms. The molecule has 1 unspecified atom stereocenters. The third-order valence-electron chi connectivity index (χ3n) is 5.36. The van der Waals surface area contributed by atoms with Gasteiger partial charge >= 0.3 is 6.03 Å². The van der Waals surface area contributed by atoms with Gasteiger partial charge in [-0.1, -0.05) is 57.8 Å². The first kappa shape index (κ1) is 21.5. The molecule has 1 heterocycles. The summed E-state index contributed by atoms with van der Waals surface area (Å²) in [6, 6.07) is -2.05. The smallest absolute Gasteiger partial charge is 0.315 e. The lowest BCUT2D eigenvalue weighted by atomic mass is 9.97. The Balaban J connectivity index is 1.82. The maximum Gasteiger partial charge on any atom is 0.315 e. The first-order valence-electron chi connectivity index (χ1n) is 10.4. The summed E-state index contributed by atoms with van der Waals surface area (Å²) in [5.74, 6) is -0.832. The number of carbonyl (C=O) groups is 3. The Bertz CT molecular complexity index is 488. The van der Waals surface area contributed by atoms with Gasteiger partial charge < -0.3 is 26.4 Å². The predicted octanol–water partition coefficient (Wildman–Crippen LogP) is 0.934. The summed E-state index contributed by atoms with van der Waals surface area (Å²) in [5.41, 5.74) is 0. The normalized spacial score (nSPS) is 23.9. The van der Waals surface area contributed by atoms with Crippen LogP contribution in [0.2, 0.25) is 0 Å². The molecule has 5 N–H and O–H groups in total. The number of amides is 4. The fourth-order valence-corrected chi connectivity index (χ4v) is 3.69. The van der Waals surface area contributed by atoms with Crippen molar-refractivity contribution in [1.82, 2.24) is 21.3 Å². The molecule has 2 fully saturated rings. The standard InChI is InChI=1S/C19H34N4O4/c24-13-16(22-17(25)15-12-20-19(27)23-15)18(26)21-14-10-8-6-4-2-1-3-5-7-9-11-14/h14-16,24H,1-13H2,(H,21,26)(H,22,25)(H2,20,23,27)/t15?,16-/m0/s1. The second kappa shape index (κ2) is 11.8. The van der Waals surface area contributed by atoms with E-state index in [1.54, 1.807) is 0 Å². The predicted molar refractivity (Wildman–Crippen MR) is 102 cm³/mol. The molecule has 154 valence electrons. The van der Waals surface area contributed by atoms with Crippen LogP contribution >= 0.6 is 0 Å². The number of nitrogens with one attached hydrogen (secondary N) is 4. The minimum absolute atomic E-state index is 0.0794. The molecule has 0 aromatic rings. The van der Waals surface area contributed by atoms with Crippen LogP contribution in [0.15, 0.2) is 0 Å². The van der Waals surface area contributed by atoms with E-state index in [0.717, 1.165) is 25.7 Å². The van der Waals surface area contributed by atoms with Gasteiger partial charge in [0.2, 0.25) is 11.8 Å². The minimum Gasteiger partial charge on any atom is -0.394 e. The van der Waals surface area contributed by atoms with Gasteiger partial charge in [-0.05, 0) is 12.8 Å². The van der Waals surface area contributed by atoms with Crippen LogP contribution in [0, 0.1) is 0 Å². The molecular formula is C19H34N4O4. The zero-order valence-corrected chi connectivity index (χ0v) is 16.1. The summed E-state index contributed by atoms with van der Waals surface area (Å²) in [7, 11) is 0. The SMILES string of the molecule is O=C1NCC(C(=O)N[C@@H](CO)C(=O)NC2CCCCCCCCCCC2)N1. The van der Waals surface area contributed by atoms with Crippen LogP contribution in [0.3, 0.4) is 0 Å². The van der Waals surface area contributed by atoms with Crippen molar-refractivity contribution >= 4 is 17.8 Å². The van der Waals surface area contributed by atoms with E-state index in [9.17, 15) is 19.5 Å². The Labute approximate surface area is 161 Å². The van der Waals surface area contributed by atoms with Gasteiger partial charge in [0, 0.05) is 12.6 Å². The van der Waals surface area contributed by atoms with Crippen LogP contribution in [0.25, 0.3) is 0 Å². The van der Waals surface area contributed by atoms with Gasteiger partial charge in [0.1, 0.15) is 12.1 Å². The first-order valence-corrected chi connectivity index (χ1v) is 10.4.